The number of aliphatic hydroxyl groups excluding tert-OH is 2. The summed E-state index contributed by atoms with van der Waals surface area (Å²) in [5.74, 6) is -3.96. The lowest BCUT2D eigenvalue weighted by Crippen LogP contribution is -2.53. The van der Waals surface area contributed by atoms with Crippen molar-refractivity contribution in [3.8, 4) is 5.75 Å². The van der Waals surface area contributed by atoms with Crippen LogP contribution in [-0.4, -0.2) is 69.8 Å². The molecular formula is C19H21F3N4O8. The molecule has 0 spiro atoms. The minimum absolute atomic E-state index is 0.0674. The fraction of sp³-hybridized carbons (Fsp3) is 0.368. The Hall–Kier alpha value is -3.85. The first-order chi connectivity index (χ1) is 15.7. The average Bonchev–Trinajstić information content (AvgIpc) is 2.70. The van der Waals surface area contributed by atoms with Gasteiger partial charge in [-0.3, -0.25) is 14.4 Å². The molecule has 1 aromatic carbocycles. The molecule has 8 N–H and O–H groups in total. The molecule has 2 rings (SSSR count). The summed E-state index contributed by atoms with van der Waals surface area (Å²) in [6.45, 7) is 0. The summed E-state index contributed by atoms with van der Waals surface area (Å²) in [6.07, 6.45) is -7.96. The van der Waals surface area contributed by atoms with Crippen molar-refractivity contribution < 1.29 is 52.4 Å². The number of aliphatic carboxylic acids is 1. The third-order valence-corrected chi connectivity index (χ3v) is 4.53. The minimum Gasteiger partial charge on any atom is -0.481 e. The first-order valence-corrected chi connectivity index (χ1v) is 9.57. The van der Waals surface area contributed by atoms with Crippen molar-refractivity contribution >= 4 is 29.5 Å². The van der Waals surface area contributed by atoms with E-state index in [0.29, 0.717) is 0 Å². The van der Waals surface area contributed by atoms with Gasteiger partial charge in [0.05, 0.1) is 18.6 Å². The van der Waals surface area contributed by atoms with Gasteiger partial charge in [0.2, 0.25) is 11.8 Å². The van der Waals surface area contributed by atoms with Crippen molar-refractivity contribution in [2.75, 3.05) is 5.32 Å². The predicted octanol–water partition coefficient (Wildman–Crippen LogP) is -0.428. The number of carboxylic acids is 1. The zero-order valence-corrected chi connectivity index (χ0v) is 17.2. The molecule has 186 valence electrons. The van der Waals surface area contributed by atoms with Gasteiger partial charge in [0.25, 0.3) is 0 Å². The van der Waals surface area contributed by atoms with Gasteiger partial charge in [0, 0.05) is 17.7 Å². The number of urea groups is 1. The van der Waals surface area contributed by atoms with E-state index in [-0.39, 0.29) is 17.7 Å². The fourth-order valence-corrected chi connectivity index (χ4v) is 2.97. The highest BCUT2D eigenvalue weighted by Crippen LogP contribution is 2.24. The standard InChI is InChI=1S/C19H21F3N4O8/c20-19(21,22)34-10-3-1-9(2-4-10)24-18(33)26-11-5-8(6-13(27)15(11)30)17(32)25-12(16(23)31)7-14(28)29/h1-5,11-13,15,27,30H,6-7H2,(H2,23,31)(H,25,32)(H,28,29)(H2,24,26,33)/t11-,12+,13+,15+/m0/s1. The van der Waals surface area contributed by atoms with Gasteiger partial charge in [-0.2, -0.15) is 0 Å². The van der Waals surface area contributed by atoms with E-state index in [0.717, 1.165) is 30.3 Å². The Morgan fingerprint density at radius 1 is 1.15 bits per heavy atom. The zero-order valence-electron chi connectivity index (χ0n) is 17.2. The monoisotopic (exact) mass is 490 g/mol. The lowest BCUT2D eigenvalue weighted by molar-refractivity contribution is -0.274. The molecule has 0 radical (unpaired) electrons. The van der Waals surface area contributed by atoms with Crippen molar-refractivity contribution in [1.82, 2.24) is 10.6 Å². The molecule has 0 unspecified atom stereocenters. The number of carbonyl (C=O) groups excluding carboxylic acids is 3. The van der Waals surface area contributed by atoms with Crippen molar-refractivity contribution in [3.05, 3.63) is 35.9 Å². The van der Waals surface area contributed by atoms with Gasteiger partial charge in [0.1, 0.15) is 17.9 Å². The number of primary amides is 1. The predicted molar refractivity (Wildman–Crippen MR) is 107 cm³/mol. The maximum atomic E-state index is 12.4. The summed E-state index contributed by atoms with van der Waals surface area (Å²) in [5.41, 5.74) is 4.97. The molecule has 0 fully saturated rings. The number of nitrogens with one attached hydrogen (secondary N) is 3. The molecule has 0 aromatic heterocycles. The summed E-state index contributed by atoms with van der Waals surface area (Å²) in [7, 11) is 0. The number of hydrogen-bond donors (Lipinski definition) is 7. The van der Waals surface area contributed by atoms with E-state index in [9.17, 15) is 42.6 Å². The van der Waals surface area contributed by atoms with Crippen LogP contribution >= 0.6 is 0 Å². The van der Waals surface area contributed by atoms with Gasteiger partial charge < -0.3 is 41.7 Å². The molecular weight excluding hydrogens is 469 g/mol. The van der Waals surface area contributed by atoms with Crippen molar-refractivity contribution in [2.24, 2.45) is 5.73 Å². The number of amides is 4. The number of nitrogens with two attached hydrogens (primary N) is 1. The van der Waals surface area contributed by atoms with Gasteiger partial charge in [-0.05, 0) is 24.3 Å². The Labute approximate surface area is 189 Å². The molecule has 15 heteroatoms. The third-order valence-electron chi connectivity index (χ3n) is 4.53. The number of carbonyl (C=O) groups is 4. The van der Waals surface area contributed by atoms with E-state index in [1.54, 1.807) is 0 Å². The smallest absolute Gasteiger partial charge is 0.481 e. The van der Waals surface area contributed by atoms with E-state index in [2.05, 4.69) is 20.7 Å². The number of halogens is 3. The number of alkyl halides is 3. The summed E-state index contributed by atoms with van der Waals surface area (Å²) >= 11 is 0. The number of ether oxygens (including phenoxy) is 1. The summed E-state index contributed by atoms with van der Waals surface area (Å²) in [5, 5.41) is 35.7. The van der Waals surface area contributed by atoms with Crippen LogP contribution in [0.2, 0.25) is 0 Å². The highest BCUT2D eigenvalue weighted by molar-refractivity contribution is 5.98. The molecule has 0 aliphatic heterocycles. The highest BCUT2D eigenvalue weighted by Gasteiger charge is 2.35. The molecule has 4 atom stereocenters. The van der Waals surface area contributed by atoms with Gasteiger partial charge in [-0.15, -0.1) is 13.2 Å². The van der Waals surface area contributed by atoms with E-state index in [1.807, 2.05) is 0 Å². The fourth-order valence-electron chi connectivity index (χ4n) is 2.97. The Kier molecular flexibility index (Phi) is 8.42. The zero-order chi connectivity index (χ0) is 25.6. The van der Waals surface area contributed by atoms with Crippen molar-refractivity contribution in [2.45, 2.75) is 43.5 Å². The van der Waals surface area contributed by atoms with Crippen LogP contribution in [0.25, 0.3) is 0 Å². The summed E-state index contributed by atoms with van der Waals surface area (Å²) in [4.78, 5) is 46.8. The van der Waals surface area contributed by atoms with Crippen LogP contribution in [0.1, 0.15) is 12.8 Å². The van der Waals surface area contributed by atoms with Crippen LogP contribution in [0.15, 0.2) is 35.9 Å². The van der Waals surface area contributed by atoms with E-state index in [1.165, 1.54) is 0 Å². The largest absolute Gasteiger partial charge is 0.573 e. The molecule has 0 saturated heterocycles. The molecule has 0 heterocycles. The second-order valence-electron chi connectivity index (χ2n) is 7.18. The first kappa shape index (κ1) is 26.4. The number of carboxylic acid groups (broad SMARTS) is 1. The second kappa shape index (κ2) is 10.8. The normalized spacial score (nSPS) is 21.0. The molecule has 34 heavy (non-hydrogen) atoms. The quantitative estimate of drug-likeness (QED) is 0.254. The summed E-state index contributed by atoms with van der Waals surface area (Å²) in [6, 6.07) is 0.396. The van der Waals surface area contributed by atoms with Gasteiger partial charge >= 0.3 is 18.4 Å². The number of anilines is 1. The molecule has 1 aliphatic carbocycles. The molecule has 1 aromatic rings. The Bertz CT molecular complexity index is 967. The topological polar surface area (TPSA) is 200 Å². The van der Waals surface area contributed by atoms with E-state index < -0.39 is 66.6 Å². The van der Waals surface area contributed by atoms with Crippen LogP contribution in [-0.2, 0) is 14.4 Å². The van der Waals surface area contributed by atoms with E-state index >= 15 is 0 Å². The molecule has 1 aliphatic rings. The van der Waals surface area contributed by atoms with Gasteiger partial charge in [-0.1, -0.05) is 6.08 Å². The number of benzene rings is 1. The number of rotatable bonds is 8. The number of aliphatic hydroxyl groups is 2. The summed E-state index contributed by atoms with van der Waals surface area (Å²) < 4.78 is 40.3. The van der Waals surface area contributed by atoms with Crippen LogP contribution < -0.4 is 26.4 Å². The average molecular weight is 490 g/mol. The SMILES string of the molecule is NC(=O)[C@@H](CC(=O)O)NC(=O)C1=C[C@H](NC(=O)Nc2ccc(OC(F)(F)F)cc2)[C@@H](O)[C@H](O)C1. The maximum Gasteiger partial charge on any atom is 0.573 e. The van der Waals surface area contributed by atoms with E-state index in [4.69, 9.17) is 10.8 Å². The van der Waals surface area contributed by atoms with Crippen molar-refractivity contribution in [3.63, 3.8) is 0 Å². The third kappa shape index (κ3) is 7.93. The lowest BCUT2D eigenvalue weighted by atomic mass is 9.90. The minimum atomic E-state index is -4.88. The Balaban J connectivity index is 2.06. The van der Waals surface area contributed by atoms with Gasteiger partial charge in [-0.25, -0.2) is 4.79 Å². The molecule has 12 nitrogen and oxygen atoms in total. The number of hydrogen-bond acceptors (Lipinski definition) is 7. The van der Waals surface area contributed by atoms with Crippen LogP contribution in [0.4, 0.5) is 23.7 Å². The molecule has 0 bridgehead atoms. The molecule has 0 saturated carbocycles. The lowest BCUT2D eigenvalue weighted by Gasteiger charge is -2.31. The second-order valence-corrected chi connectivity index (χ2v) is 7.18. The maximum absolute atomic E-state index is 12.4. The van der Waals surface area contributed by atoms with Crippen LogP contribution in [0.3, 0.4) is 0 Å². The van der Waals surface area contributed by atoms with Crippen LogP contribution in [0.5, 0.6) is 5.75 Å². The highest BCUT2D eigenvalue weighted by atomic mass is 19.4. The molecule has 4 amide bonds. The van der Waals surface area contributed by atoms with Crippen LogP contribution in [0, 0.1) is 0 Å². The van der Waals surface area contributed by atoms with Gasteiger partial charge in [0.15, 0.2) is 0 Å². The Morgan fingerprint density at radius 2 is 1.76 bits per heavy atom. The van der Waals surface area contributed by atoms with Crippen molar-refractivity contribution in [1.29, 1.82) is 0 Å². The first-order valence-electron chi connectivity index (χ1n) is 9.57. The Morgan fingerprint density at radius 3 is 2.29 bits per heavy atom.